The molecule has 5 nitrogen and oxygen atoms in total. The summed E-state index contributed by atoms with van der Waals surface area (Å²) in [6.07, 6.45) is 2.85. The molecule has 6 heteroatoms. The summed E-state index contributed by atoms with van der Waals surface area (Å²) in [5.41, 5.74) is 6.67. The van der Waals surface area contributed by atoms with E-state index in [9.17, 15) is 14.7 Å². The zero-order valence-corrected chi connectivity index (χ0v) is 13.0. The van der Waals surface area contributed by atoms with Crippen LogP contribution in [0.15, 0.2) is 22.7 Å². The van der Waals surface area contributed by atoms with E-state index in [1.807, 2.05) is 0 Å². The first-order valence-electron chi connectivity index (χ1n) is 7.06. The molecule has 2 aliphatic rings. The minimum absolute atomic E-state index is 0.196. The van der Waals surface area contributed by atoms with Gasteiger partial charge in [-0.15, -0.1) is 0 Å². The fourth-order valence-corrected chi connectivity index (χ4v) is 4.23. The zero-order valence-electron chi connectivity index (χ0n) is 11.4. The molecule has 3 rings (SSSR count). The van der Waals surface area contributed by atoms with E-state index in [1.165, 1.54) is 0 Å². The van der Waals surface area contributed by atoms with Crippen molar-refractivity contribution in [3.8, 4) is 0 Å². The zero-order chi connectivity index (χ0) is 15.1. The van der Waals surface area contributed by atoms with Crippen LogP contribution >= 0.6 is 15.9 Å². The topological polar surface area (TPSA) is 92.4 Å². The second-order valence-electron chi connectivity index (χ2n) is 5.94. The van der Waals surface area contributed by atoms with Gasteiger partial charge in [-0.3, -0.25) is 9.59 Å². The molecular formula is C15H17BrN2O3. The average Bonchev–Trinajstić information content (AvgIpc) is 3.02. The maximum absolute atomic E-state index is 12.4. The number of carbonyl (C=O) groups excluding carboxylic acids is 1. The molecule has 0 aromatic heterocycles. The van der Waals surface area contributed by atoms with Gasteiger partial charge in [0.25, 0.3) is 5.91 Å². The van der Waals surface area contributed by atoms with Crippen molar-refractivity contribution in [2.75, 3.05) is 5.73 Å². The third-order valence-corrected chi connectivity index (χ3v) is 5.43. The number of carboxylic acid groups (broad SMARTS) is 1. The number of hydrogen-bond acceptors (Lipinski definition) is 3. The van der Waals surface area contributed by atoms with Gasteiger partial charge in [-0.2, -0.15) is 0 Å². The number of anilines is 1. The molecule has 0 radical (unpaired) electrons. The summed E-state index contributed by atoms with van der Waals surface area (Å²) < 4.78 is 0.657. The summed E-state index contributed by atoms with van der Waals surface area (Å²) in [7, 11) is 0. The number of aliphatic carboxylic acids is 1. The first kappa shape index (κ1) is 14.4. The van der Waals surface area contributed by atoms with E-state index in [-0.39, 0.29) is 23.8 Å². The first-order chi connectivity index (χ1) is 9.97. The van der Waals surface area contributed by atoms with Crippen molar-refractivity contribution < 1.29 is 14.7 Å². The maximum Gasteiger partial charge on any atom is 0.308 e. The number of fused-ring (bicyclic) bond motifs is 2. The number of amides is 1. The monoisotopic (exact) mass is 352 g/mol. The summed E-state index contributed by atoms with van der Waals surface area (Å²) >= 11 is 3.33. The fourth-order valence-electron chi connectivity index (χ4n) is 3.80. The van der Waals surface area contributed by atoms with Crippen LogP contribution in [0.2, 0.25) is 0 Å². The fraction of sp³-hybridized carbons (Fsp3) is 0.467. The highest BCUT2D eigenvalue weighted by Gasteiger charge is 2.51. The third-order valence-electron chi connectivity index (χ3n) is 4.73. The van der Waals surface area contributed by atoms with E-state index in [0.717, 1.165) is 19.3 Å². The lowest BCUT2D eigenvalue weighted by molar-refractivity contribution is -0.144. The van der Waals surface area contributed by atoms with E-state index in [0.29, 0.717) is 15.7 Å². The van der Waals surface area contributed by atoms with E-state index in [2.05, 4.69) is 21.2 Å². The van der Waals surface area contributed by atoms with Crippen LogP contribution in [0.4, 0.5) is 5.69 Å². The van der Waals surface area contributed by atoms with Gasteiger partial charge >= 0.3 is 5.97 Å². The van der Waals surface area contributed by atoms with Crippen molar-refractivity contribution in [2.24, 2.45) is 17.8 Å². The van der Waals surface area contributed by atoms with Crippen LogP contribution in [0.1, 0.15) is 29.6 Å². The lowest BCUT2D eigenvalue weighted by Crippen LogP contribution is -2.46. The van der Waals surface area contributed by atoms with Gasteiger partial charge in [0.2, 0.25) is 0 Å². The Morgan fingerprint density at radius 3 is 2.71 bits per heavy atom. The van der Waals surface area contributed by atoms with Crippen molar-refractivity contribution >= 4 is 33.5 Å². The molecule has 4 atom stereocenters. The van der Waals surface area contributed by atoms with Crippen LogP contribution < -0.4 is 11.1 Å². The van der Waals surface area contributed by atoms with E-state index < -0.39 is 11.9 Å². The predicted octanol–water partition coefficient (Wildman–Crippen LogP) is 2.26. The van der Waals surface area contributed by atoms with E-state index in [4.69, 9.17) is 5.73 Å². The van der Waals surface area contributed by atoms with Crippen molar-refractivity contribution in [2.45, 2.75) is 25.3 Å². The molecule has 1 aromatic rings. The number of halogens is 1. The molecule has 2 aliphatic carbocycles. The molecular weight excluding hydrogens is 336 g/mol. The van der Waals surface area contributed by atoms with Crippen LogP contribution in [0, 0.1) is 17.8 Å². The second-order valence-corrected chi connectivity index (χ2v) is 6.79. The molecule has 0 spiro atoms. The number of nitrogens with one attached hydrogen (secondary N) is 1. The van der Waals surface area contributed by atoms with Gasteiger partial charge in [0.1, 0.15) is 0 Å². The van der Waals surface area contributed by atoms with Crippen molar-refractivity contribution in [1.29, 1.82) is 0 Å². The summed E-state index contributed by atoms with van der Waals surface area (Å²) in [5.74, 6) is -1.06. The number of hydrogen-bond donors (Lipinski definition) is 3. The SMILES string of the molecule is Nc1ccc(Br)c(C(=O)NC2C3CCC(C3)C2C(=O)O)c1. The Balaban J connectivity index is 1.81. The van der Waals surface area contributed by atoms with Crippen molar-refractivity contribution in [1.82, 2.24) is 5.32 Å². The summed E-state index contributed by atoms with van der Waals surface area (Å²) in [6, 6.07) is 4.75. The van der Waals surface area contributed by atoms with Gasteiger partial charge in [-0.1, -0.05) is 0 Å². The largest absolute Gasteiger partial charge is 0.481 e. The van der Waals surface area contributed by atoms with Crippen molar-refractivity contribution in [3.63, 3.8) is 0 Å². The third kappa shape index (κ3) is 2.52. The van der Waals surface area contributed by atoms with Gasteiger partial charge in [-0.25, -0.2) is 0 Å². The minimum Gasteiger partial charge on any atom is -0.481 e. The Kier molecular flexibility index (Phi) is 3.65. The standard InChI is InChI=1S/C15H17BrN2O3/c16-11-4-3-9(17)6-10(11)14(19)18-13-8-2-1-7(5-8)12(13)15(20)21/h3-4,6-8,12-13H,1-2,5,17H2,(H,18,19)(H,20,21). The number of benzene rings is 1. The molecule has 4 N–H and O–H groups in total. The number of nitrogens with two attached hydrogens (primary N) is 1. The van der Waals surface area contributed by atoms with Gasteiger partial charge < -0.3 is 16.2 Å². The molecule has 112 valence electrons. The second kappa shape index (κ2) is 5.33. The summed E-state index contributed by atoms with van der Waals surface area (Å²) in [5, 5.41) is 12.3. The quantitative estimate of drug-likeness (QED) is 0.727. The van der Waals surface area contributed by atoms with Gasteiger partial charge in [0.15, 0.2) is 0 Å². The molecule has 0 aliphatic heterocycles. The Morgan fingerprint density at radius 2 is 2.00 bits per heavy atom. The Hall–Kier alpha value is -1.56. The molecule has 21 heavy (non-hydrogen) atoms. The Labute approximate surface area is 131 Å². The first-order valence-corrected chi connectivity index (χ1v) is 7.85. The Bertz CT molecular complexity index is 605. The van der Waals surface area contributed by atoms with Crippen LogP contribution in [-0.2, 0) is 4.79 Å². The van der Waals surface area contributed by atoms with Crippen molar-refractivity contribution in [3.05, 3.63) is 28.2 Å². The normalized spacial score (nSPS) is 30.3. The molecule has 0 saturated heterocycles. The molecule has 2 fully saturated rings. The number of rotatable bonds is 3. The van der Waals surface area contributed by atoms with Gasteiger partial charge in [-0.05, 0) is 65.2 Å². The number of carbonyl (C=O) groups is 2. The van der Waals surface area contributed by atoms with Gasteiger partial charge in [0.05, 0.1) is 11.5 Å². The number of carboxylic acids is 1. The van der Waals surface area contributed by atoms with Crippen LogP contribution in [0.5, 0.6) is 0 Å². The Morgan fingerprint density at radius 1 is 1.29 bits per heavy atom. The molecule has 0 heterocycles. The number of nitrogen functional groups attached to an aromatic ring is 1. The predicted molar refractivity (Wildman–Crippen MR) is 81.8 cm³/mol. The van der Waals surface area contributed by atoms with E-state index >= 15 is 0 Å². The average molecular weight is 353 g/mol. The lowest BCUT2D eigenvalue weighted by Gasteiger charge is -2.29. The van der Waals surface area contributed by atoms with Crippen LogP contribution in [-0.4, -0.2) is 23.0 Å². The lowest BCUT2D eigenvalue weighted by atomic mass is 9.84. The highest BCUT2D eigenvalue weighted by molar-refractivity contribution is 9.10. The summed E-state index contributed by atoms with van der Waals surface area (Å²) in [4.78, 5) is 23.9. The molecule has 2 saturated carbocycles. The summed E-state index contributed by atoms with van der Waals surface area (Å²) in [6.45, 7) is 0. The van der Waals surface area contributed by atoms with Crippen LogP contribution in [0.25, 0.3) is 0 Å². The minimum atomic E-state index is -0.806. The van der Waals surface area contributed by atoms with E-state index in [1.54, 1.807) is 18.2 Å². The molecule has 2 bridgehead atoms. The van der Waals surface area contributed by atoms with Gasteiger partial charge in [0, 0.05) is 16.2 Å². The molecule has 1 amide bonds. The molecule has 4 unspecified atom stereocenters. The smallest absolute Gasteiger partial charge is 0.308 e. The van der Waals surface area contributed by atoms with Crippen LogP contribution in [0.3, 0.4) is 0 Å². The highest BCUT2D eigenvalue weighted by Crippen LogP contribution is 2.48. The molecule has 1 aromatic carbocycles. The highest BCUT2D eigenvalue weighted by atomic mass is 79.9. The maximum atomic E-state index is 12.4.